The summed E-state index contributed by atoms with van der Waals surface area (Å²) in [6.07, 6.45) is 0. The first-order valence-corrected chi connectivity index (χ1v) is 12.0. The van der Waals surface area contributed by atoms with Crippen molar-refractivity contribution in [2.75, 3.05) is 10.2 Å². The van der Waals surface area contributed by atoms with Gasteiger partial charge in [-0.25, -0.2) is 0 Å². The first-order chi connectivity index (χ1) is 16.1. The van der Waals surface area contributed by atoms with Crippen LogP contribution in [0.25, 0.3) is 0 Å². The Balaban J connectivity index is 1.60. The van der Waals surface area contributed by atoms with E-state index in [9.17, 15) is 0 Å². The molecule has 0 unspecified atom stereocenters. The molecule has 174 valence electrons. The maximum absolute atomic E-state index is 3.53. The van der Waals surface area contributed by atoms with E-state index in [0.29, 0.717) is 0 Å². The highest BCUT2D eigenvalue weighted by Gasteiger charge is 2.16. The van der Waals surface area contributed by atoms with Crippen molar-refractivity contribution >= 4 is 28.4 Å². The molecule has 0 radical (unpaired) electrons. The number of nitrogens with one attached hydrogen (secondary N) is 1. The molecule has 34 heavy (non-hydrogen) atoms. The standard InChI is InChI=1S/C32H36N2/c1-31(2,3)24-12-16-26(17-13-24)33-27-18-22-30(23-19-27)34(28-10-8-7-9-11-28)29-20-14-25(15-21-29)32(4,5)6/h7-23,33H,1-6H3. The van der Waals surface area contributed by atoms with Crippen LogP contribution in [0.2, 0.25) is 0 Å². The number of nitrogens with zero attached hydrogens (tertiary/aromatic N) is 1. The van der Waals surface area contributed by atoms with E-state index in [-0.39, 0.29) is 10.8 Å². The zero-order chi connectivity index (χ0) is 24.3. The summed E-state index contributed by atoms with van der Waals surface area (Å²) in [7, 11) is 0. The van der Waals surface area contributed by atoms with E-state index in [2.05, 4.69) is 155 Å². The van der Waals surface area contributed by atoms with Gasteiger partial charge in [-0.3, -0.25) is 0 Å². The number of para-hydroxylation sites is 1. The Bertz CT molecular complexity index is 1190. The second kappa shape index (κ2) is 9.38. The second-order valence-electron chi connectivity index (χ2n) is 11.0. The van der Waals surface area contributed by atoms with Crippen LogP contribution in [-0.2, 0) is 10.8 Å². The average molecular weight is 449 g/mol. The van der Waals surface area contributed by atoms with Crippen molar-refractivity contribution in [3.8, 4) is 0 Å². The van der Waals surface area contributed by atoms with Gasteiger partial charge in [-0.1, -0.05) is 84.0 Å². The summed E-state index contributed by atoms with van der Waals surface area (Å²) in [6.45, 7) is 13.5. The van der Waals surface area contributed by atoms with Gasteiger partial charge in [0.05, 0.1) is 0 Å². The van der Waals surface area contributed by atoms with Gasteiger partial charge >= 0.3 is 0 Å². The minimum atomic E-state index is 0.133. The molecule has 0 saturated carbocycles. The molecule has 0 fully saturated rings. The Morgan fingerprint density at radius 1 is 0.441 bits per heavy atom. The third kappa shape index (κ3) is 5.51. The van der Waals surface area contributed by atoms with E-state index in [1.54, 1.807) is 0 Å². The van der Waals surface area contributed by atoms with E-state index < -0.39 is 0 Å². The highest BCUT2D eigenvalue weighted by molar-refractivity contribution is 5.77. The average Bonchev–Trinajstić information content (AvgIpc) is 2.81. The summed E-state index contributed by atoms with van der Waals surface area (Å²) in [4.78, 5) is 2.30. The summed E-state index contributed by atoms with van der Waals surface area (Å²) in [5, 5.41) is 3.53. The third-order valence-corrected chi connectivity index (χ3v) is 6.17. The summed E-state index contributed by atoms with van der Waals surface area (Å²) in [5.41, 5.74) is 8.55. The highest BCUT2D eigenvalue weighted by atomic mass is 15.1. The van der Waals surface area contributed by atoms with Crippen LogP contribution in [0, 0.1) is 0 Å². The molecule has 0 saturated heterocycles. The van der Waals surface area contributed by atoms with Crippen LogP contribution in [0.1, 0.15) is 52.7 Å². The van der Waals surface area contributed by atoms with E-state index in [1.807, 2.05) is 0 Å². The molecule has 0 atom stereocenters. The summed E-state index contributed by atoms with van der Waals surface area (Å²) >= 11 is 0. The van der Waals surface area contributed by atoms with Crippen molar-refractivity contribution in [3.05, 3.63) is 114 Å². The largest absolute Gasteiger partial charge is 0.356 e. The normalized spacial score (nSPS) is 11.8. The van der Waals surface area contributed by atoms with Crippen molar-refractivity contribution < 1.29 is 0 Å². The molecule has 4 rings (SSSR count). The van der Waals surface area contributed by atoms with Crippen LogP contribution in [0.5, 0.6) is 0 Å². The van der Waals surface area contributed by atoms with Crippen molar-refractivity contribution in [1.29, 1.82) is 0 Å². The van der Waals surface area contributed by atoms with Gasteiger partial charge in [-0.05, 0) is 82.6 Å². The topological polar surface area (TPSA) is 15.3 Å². The van der Waals surface area contributed by atoms with Gasteiger partial charge in [0.15, 0.2) is 0 Å². The van der Waals surface area contributed by atoms with E-state index in [0.717, 1.165) is 28.4 Å². The molecule has 0 aromatic heterocycles. The van der Waals surface area contributed by atoms with Gasteiger partial charge in [0.2, 0.25) is 0 Å². The van der Waals surface area contributed by atoms with Crippen LogP contribution in [-0.4, -0.2) is 0 Å². The minimum absolute atomic E-state index is 0.133. The molecule has 4 aromatic carbocycles. The quantitative estimate of drug-likeness (QED) is 0.327. The van der Waals surface area contributed by atoms with Crippen LogP contribution < -0.4 is 10.2 Å². The van der Waals surface area contributed by atoms with Crippen molar-refractivity contribution in [3.63, 3.8) is 0 Å². The molecule has 0 aliphatic heterocycles. The lowest BCUT2D eigenvalue weighted by molar-refractivity contribution is 0.590. The summed E-state index contributed by atoms with van der Waals surface area (Å²) in [6, 6.07) is 36.8. The molecule has 2 heteroatoms. The third-order valence-electron chi connectivity index (χ3n) is 6.17. The minimum Gasteiger partial charge on any atom is -0.356 e. The van der Waals surface area contributed by atoms with Gasteiger partial charge < -0.3 is 10.2 Å². The Hall–Kier alpha value is -3.52. The fourth-order valence-electron chi connectivity index (χ4n) is 4.05. The zero-order valence-corrected chi connectivity index (χ0v) is 21.3. The number of hydrogen-bond acceptors (Lipinski definition) is 2. The molecule has 0 aliphatic rings. The molecule has 0 heterocycles. The van der Waals surface area contributed by atoms with Crippen LogP contribution in [0.4, 0.5) is 28.4 Å². The van der Waals surface area contributed by atoms with Crippen LogP contribution >= 0.6 is 0 Å². The molecule has 0 bridgehead atoms. The number of anilines is 5. The monoisotopic (exact) mass is 448 g/mol. The fraction of sp³-hybridized carbons (Fsp3) is 0.250. The molecule has 4 aromatic rings. The van der Waals surface area contributed by atoms with E-state index in [1.165, 1.54) is 11.1 Å². The van der Waals surface area contributed by atoms with Gasteiger partial charge in [0.1, 0.15) is 0 Å². The van der Waals surface area contributed by atoms with E-state index >= 15 is 0 Å². The molecular formula is C32H36N2. The predicted molar refractivity (Wildman–Crippen MR) is 148 cm³/mol. The second-order valence-corrected chi connectivity index (χ2v) is 11.0. The smallest absolute Gasteiger partial charge is 0.0463 e. The Morgan fingerprint density at radius 2 is 0.794 bits per heavy atom. The first-order valence-electron chi connectivity index (χ1n) is 12.0. The Morgan fingerprint density at radius 3 is 1.24 bits per heavy atom. The Kier molecular flexibility index (Phi) is 6.52. The van der Waals surface area contributed by atoms with Crippen LogP contribution in [0.3, 0.4) is 0 Å². The van der Waals surface area contributed by atoms with Crippen molar-refractivity contribution in [2.45, 2.75) is 52.4 Å². The number of hydrogen-bond donors (Lipinski definition) is 1. The SMILES string of the molecule is CC(C)(C)c1ccc(Nc2ccc(N(c3ccccc3)c3ccc(C(C)(C)C)cc3)cc2)cc1. The number of rotatable bonds is 5. The lowest BCUT2D eigenvalue weighted by Gasteiger charge is -2.27. The lowest BCUT2D eigenvalue weighted by atomic mass is 9.87. The van der Waals surface area contributed by atoms with Crippen LogP contribution in [0.15, 0.2) is 103 Å². The maximum atomic E-state index is 3.53. The zero-order valence-electron chi connectivity index (χ0n) is 21.3. The molecule has 0 aliphatic carbocycles. The maximum Gasteiger partial charge on any atom is 0.0463 e. The first kappa shape index (κ1) is 23.6. The van der Waals surface area contributed by atoms with Gasteiger partial charge in [-0.2, -0.15) is 0 Å². The van der Waals surface area contributed by atoms with Crippen molar-refractivity contribution in [1.82, 2.24) is 0 Å². The predicted octanol–water partition coefficient (Wildman–Crippen LogP) is 9.49. The molecule has 1 N–H and O–H groups in total. The van der Waals surface area contributed by atoms with Gasteiger partial charge in [0.25, 0.3) is 0 Å². The van der Waals surface area contributed by atoms with Gasteiger partial charge in [0, 0.05) is 28.4 Å². The Labute approximate surface area is 205 Å². The summed E-state index contributed by atoms with van der Waals surface area (Å²) in [5.74, 6) is 0. The van der Waals surface area contributed by atoms with Gasteiger partial charge in [-0.15, -0.1) is 0 Å². The van der Waals surface area contributed by atoms with Crippen molar-refractivity contribution in [2.24, 2.45) is 0 Å². The molecular weight excluding hydrogens is 412 g/mol. The molecule has 0 spiro atoms. The highest BCUT2D eigenvalue weighted by Crippen LogP contribution is 2.36. The van der Waals surface area contributed by atoms with E-state index in [4.69, 9.17) is 0 Å². The molecule has 2 nitrogen and oxygen atoms in total. The number of benzene rings is 4. The fourth-order valence-corrected chi connectivity index (χ4v) is 4.05. The lowest BCUT2D eigenvalue weighted by Crippen LogP contribution is -2.13. The molecule has 0 amide bonds. The summed E-state index contributed by atoms with van der Waals surface area (Å²) < 4.78 is 0.